The van der Waals surface area contributed by atoms with Gasteiger partial charge in [-0.2, -0.15) is 0 Å². The van der Waals surface area contributed by atoms with E-state index in [1.807, 2.05) is 0 Å². The van der Waals surface area contributed by atoms with E-state index in [9.17, 15) is 0 Å². The zero-order valence-electron chi connectivity index (χ0n) is 14.7. The molecule has 0 spiro atoms. The molecular weight excluding hydrogens is 304 g/mol. The molecule has 1 aliphatic rings. The van der Waals surface area contributed by atoms with Crippen molar-refractivity contribution in [3.05, 3.63) is 23.6 Å². The van der Waals surface area contributed by atoms with Crippen molar-refractivity contribution >= 4 is 22.5 Å². The Balaban J connectivity index is 2.47. The zero-order valence-corrected chi connectivity index (χ0v) is 16.4. The summed E-state index contributed by atoms with van der Waals surface area (Å²) in [6.07, 6.45) is 20.0. The molecule has 0 aromatic rings. The first kappa shape index (κ1) is 20.2. The number of allylic oxidation sites excluding steroid dienone is 3. The highest BCUT2D eigenvalue weighted by molar-refractivity contribution is 8.70. The predicted octanol–water partition coefficient (Wildman–Crippen LogP) is 7.83. The number of hydrogen-bond donors (Lipinski definition) is 1. The standard InChI is InChI=1S/C20H36S2/c1-4-6-8-10-12-18-14-15-19(13-11-9-7-5-2)20(16-18)17(3)22-21/h14-15,18-21H,3-13,16H2,1-2H3. The number of hydrogen-bond acceptors (Lipinski definition) is 2. The van der Waals surface area contributed by atoms with Crippen LogP contribution in [-0.2, 0) is 0 Å². The molecule has 3 atom stereocenters. The molecule has 0 bridgehead atoms. The number of unbranched alkanes of at least 4 members (excludes halogenated alkanes) is 6. The van der Waals surface area contributed by atoms with E-state index in [4.69, 9.17) is 0 Å². The third-order valence-corrected chi connectivity index (χ3v) is 6.30. The molecule has 3 unspecified atom stereocenters. The van der Waals surface area contributed by atoms with Gasteiger partial charge in [-0.25, -0.2) is 0 Å². The monoisotopic (exact) mass is 340 g/mol. The molecule has 0 saturated heterocycles. The lowest BCUT2D eigenvalue weighted by Crippen LogP contribution is -2.21. The average molecular weight is 341 g/mol. The predicted molar refractivity (Wildman–Crippen MR) is 107 cm³/mol. The van der Waals surface area contributed by atoms with Crippen molar-refractivity contribution in [2.24, 2.45) is 17.8 Å². The Labute approximate surface area is 148 Å². The van der Waals surface area contributed by atoms with Crippen LogP contribution in [0.2, 0.25) is 0 Å². The normalized spacial score (nSPS) is 24.6. The fourth-order valence-corrected chi connectivity index (χ4v) is 4.42. The van der Waals surface area contributed by atoms with Crippen LogP contribution in [0.15, 0.2) is 23.6 Å². The van der Waals surface area contributed by atoms with Gasteiger partial charge in [-0.1, -0.05) is 94.7 Å². The maximum atomic E-state index is 4.41. The second-order valence-corrected chi connectivity index (χ2v) is 8.16. The minimum absolute atomic E-state index is 0.644. The first-order valence-corrected chi connectivity index (χ1v) is 11.3. The topological polar surface area (TPSA) is 0 Å². The van der Waals surface area contributed by atoms with Gasteiger partial charge in [0.2, 0.25) is 0 Å². The van der Waals surface area contributed by atoms with Crippen molar-refractivity contribution in [1.29, 1.82) is 0 Å². The van der Waals surface area contributed by atoms with Gasteiger partial charge in [-0.3, -0.25) is 0 Å². The second kappa shape index (κ2) is 12.6. The molecule has 1 rings (SSSR count). The molecule has 0 saturated carbocycles. The average Bonchev–Trinajstić information content (AvgIpc) is 2.55. The van der Waals surface area contributed by atoms with Gasteiger partial charge in [0.1, 0.15) is 0 Å². The Morgan fingerprint density at radius 2 is 1.64 bits per heavy atom. The summed E-state index contributed by atoms with van der Waals surface area (Å²) in [4.78, 5) is 1.28. The third-order valence-electron chi connectivity index (χ3n) is 5.05. The smallest absolute Gasteiger partial charge is 0.00309 e. The van der Waals surface area contributed by atoms with Crippen molar-refractivity contribution in [2.75, 3.05) is 0 Å². The van der Waals surface area contributed by atoms with Crippen LogP contribution < -0.4 is 0 Å². The fraction of sp³-hybridized carbons (Fsp3) is 0.800. The Bertz CT molecular complexity index is 322. The maximum absolute atomic E-state index is 4.41. The van der Waals surface area contributed by atoms with Crippen LogP contribution in [0.4, 0.5) is 0 Å². The van der Waals surface area contributed by atoms with Crippen molar-refractivity contribution in [1.82, 2.24) is 0 Å². The molecule has 1 aliphatic carbocycles. The zero-order chi connectivity index (χ0) is 16.2. The van der Waals surface area contributed by atoms with Gasteiger partial charge in [-0.15, -0.1) is 11.7 Å². The van der Waals surface area contributed by atoms with Crippen LogP contribution in [0.1, 0.15) is 84.5 Å². The van der Waals surface area contributed by atoms with E-state index in [0.29, 0.717) is 11.8 Å². The van der Waals surface area contributed by atoms with Gasteiger partial charge in [-0.05, 0) is 41.9 Å². The highest BCUT2D eigenvalue weighted by Gasteiger charge is 2.28. The number of rotatable bonds is 12. The maximum Gasteiger partial charge on any atom is -0.00309 e. The van der Waals surface area contributed by atoms with Gasteiger partial charge in [0.25, 0.3) is 0 Å². The summed E-state index contributed by atoms with van der Waals surface area (Å²) in [5.74, 6) is 2.12. The molecule has 0 heterocycles. The van der Waals surface area contributed by atoms with Crippen molar-refractivity contribution in [2.45, 2.75) is 84.5 Å². The quantitative estimate of drug-likeness (QED) is 0.163. The van der Waals surface area contributed by atoms with E-state index in [2.05, 4.69) is 44.2 Å². The molecule has 0 N–H and O–H groups in total. The molecule has 0 aromatic heterocycles. The first-order chi connectivity index (χ1) is 10.7. The van der Waals surface area contributed by atoms with E-state index in [0.717, 1.165) is 5.92 Å². The summed E-state index contributed by atoms with van der Waals surface area (Å²) in [6.45, 7) is 8.86. The van der Waals surface area contributed by atoms with E-state index in [1.54, 1.807) is 10.8 Å². The lowest BCUT2D eigenvalue weighted by molar-refractivity contribution is 0.325. The fourth-order valence-electron chi connectivity index (χ4n) is 3.60. The van der Waals surface area contributed by atoms with Gasteiger partial charge in [0.15, 0.2) is 0 Å². The lowest BCUT2D eigenvalue weighted by Gasteiger charge is -2.33. The van der Waals surface area contributed by atoms with Crippen molar-refractivity contribution in [3.63, 3.8) is 0 Å². The van der Waals surface area contributed by atoms with E-state index < -0.39 is 0 Å². The summed E-state index contributed by atoms with van der Waals surface area (Å²) in [7, 11) is 1.58. The van der Waals surface area contributed by atoms with Crippen LogP contribution in [0.5, 0.6) is 0 Å². The molecule has 0 amide bonds. The highest BCUT2D eigenvalue weighted by Crippen LogP contribution is 2.42. The summed E-state index contributed by atoms with van der Waals surface area (Å²) >= 11 is 4.41. The SMILES string of the molecule is C=C(SS)C1CC(CCCCCC)C=CC1CCCCCC. The van der Waals surface area contributed by atoms with Crippen LogP contribution in [0.25, 0.3) is 0 Å². The highest BCUT2D eigenvalue weighted by atomic mass is 33.1. The van der Waals surface area contributed by atoms with Gasteiger partial charge >= 0.3 is 0 Å². The second-order valence-electron chi connectivity index (χ2n) is 6.91. The molecule has 2 heteroatoms. The third kappa shape index (κ3) is 7.64. The van der Waals surface area contributed by atoms with Gasteiger partial charge < -0.3 is 0 Å². The van der Waals surface area contributed by atoms with Crippen LogP contribution in [-0.4, -0.2) is 0 Å². The Morgan fingerprint density at radius 1 is 1.00 bits per heavy atom. The van der Waals surface area contributed by atoms with E-state index >= 15 is 0 Å². The molecule has 0 fully saturated rings. The minimum Gasteiger partial charge on any atom is -0.106 e. The van der Waals surface area contributed by atoms with Gasteiger partial charge in [0.05, 0.1) is 0 Å². The number of thiol groups is 1. The van der Waals surface area contributed by atoms with Crippen LogP contribution in [0, 0.1) is 17.8 Å². The largest absolute Gasteiger partial charge is 0.106 e. The minimum atomic E-state index is 0.644. The summed E-state index contributed by atoms with van der Waals surface area (Å²) in [5.41, 5.74) is 0. The molecule has 0 radical (unpaired) electrons. The molecule has 0 aromatic carbocycles. The van der Waals surface area contributed by atoms with Crippen molar-refractivity contribution < 1.29 is 0 Å². The summed E-state index contributed by atoms with van der Waals surface area (Å²) in [5, 5.41) is 0. The van der Waals surface area contributed by atoms with Crippen LogP contribution in [0.3, 0.4) is 0 Å². The molecule has 0 aliphatic heterocycles. The molecule has 0 nitrogen and oxygen atoms in total. The first-order valence-electron chi connectivity index (χ1n) is 9.41. The molecular formula is C20H36S2. The van der Waals surface area contributed by atoms with Crippen molar-refractivity contribution in [3.8, 4) is 0 Å². The van der Waals surface area contributed by atoms with Gasteiger partial charge in [0, 0.05) is 0 Å². The lowest BCUT2D eigenvalue weighted by atomic mass is 9.75. The Kier molecular flexibility index (Phi) is 11.6. The van der Waals surface area contributed by atoms with Crippen LogP contribution >= 0.6 is 22.5 Å². The van der Waals surface area contributed by atoms with E-state index in [-0.39, 0.29) is 0 Å². The van der Waals surface area contributed by atoms with E-state index in [1.165, 1.54) is 75.5 Å². The Morgan fingerprint density at radius 3 is 2.23 bits per heavy atom. The Hall–Kier alpha value is 0.180. The summed E-state index contributed by atoms with van der Waals surface area (Å²) in [6, 6.07) is 0. The summed E-state index contributed by atoms with van der Waals surface area (Å²) < 4.78 is 0. The molecule has 128 valence electrons. The molecule has 22 heavy (non-hydrogen) atoms.